The highest BCUT2D eigenvalue weighted by molar-refractivity contribution is 14.1. The lowest BCUT2D eigenvalue weighted by Gasteiger charge is -2.08. The van der Waals surface area contributed by atoms with E-state index in [9.17, 15) is 10.1 Å². The first kappa shape index (κ1) is 15.4. The zero-order valence-corrected chi connectivity index (χ0v) is 13.5. The first-order valence-electron chi connectivity index (χ1n) is 6.38. The quantitative estimate of drug-likeness (QED) is 0.439. The summed E-state index contributed by atoms with van der Waals surface area (Å²) in [6.07, 6.45) is 2.13. The molecule has 2 rings (SSSR count). The van der Waals surface area contributed by atoms with E-state index >= 15 is 0 Å². The number of anilines is 3. The Labute approximate surface area is 135 Å². The van der Waals surface area contributed by atoms with E-state index in [0.717, 1.165) is 15.7 Å². The Hall–Kier alpha value is -1.97. The van der Waals surface area contributed by atoms with Gasteiger partial charge < -0.3 is 10.6 Å². The van der Waals surface area contributed by atoms with Crippen molar-refractivity contribution in [1.82, 2.24) is 9.97 Å². The van der Waals surface area contributed by atoms with Crippen LogP contribution in [-0.4, -0.2) is 21.4 Å². The van der Waals surface area contributed by atoms with Crippen molar-refractivity contribution in [1.29, 1.82) is 0 Å². The summed E-state index contributed by atoms with van der Waals surface area (Å²) in [6, 6.07) is 7.51. The van der Waals surface area contributed by atoms with Crippen molar-refractivity contribution in [2.45, 2.75) is 13.3 Å². The van der Waals surface area contributed by atoms with Gasteiger partial charge in [-0.15, -0.1) is 0 Å². The van der Waals surface area contributed by atoms with Crippen LogP contribution in [0.4, 0.5) is 23.1 Å². The topological polar surface area (TPSA) is 93.0 Å². The van der Waals surface area contributed by atoms with E-state index in [-0.39, 0.29) is 11.5 Å². The molecule has 8 heteroatoms. The van der Waals surface area contributed by atoms with Gasteiger partial charge in [-0.3, -0.25) is 10.1 Å². The maximum atomic E-state index is 11.1. The molecule has 2 N–H and O–H groups in total. The van der Waals surface area contributed by atoms with Crippen molar-refractivity contribution in [3.8, 4) is 0 Å². The molecule has 0 fully saturated rings. The molecule has 0 saturated heterocycles. The average Bonchev–Trinajstić information content (AvgIpc) is 2.45. The summed E-state index contributed by atoms with van der Waals surface area (Å²) in [5.41, 5.74) is 0.584. The van der Waals surface area contributed by atoms with Crippen LogP contribution in [0.2, 0.25) is 0 Å². The third kappa shape index (κ3) is 4.25. The average molecular weight is 399 g/mol. The van der Waals surface area contributed by atoms with Crippen molar-refractivity contribution >= 4 is 45.7 Å². The van der Waals surface area contributed by atoms with Crippen LogP contribution in [0.3, 0.4) is 0 Å². The Kier molecular flexibility index (Phi) is 5.26. The SMILES string of the molecule is CCCNc1ncc([N+](=O)[O-])c(Nc2cccc(I)c2)n1. The number of benzene rings is 1. The summed E-state index contributed by atoms with van der Waals surface area (Å²) >= 11 is 2.18. The normalized spacial score (nSPS) is 10.2. The standard InChI is InChI=1S/C13H14IN5O2/c1-2-6-15-13-16-8-11(19(20)21)12(18-13)17-10-5-3-4-9(14)7-10/h3-5,7-8H,2,6H2,1H3,(H2,15,16,17,18). The van der Waals surface area contributed by atoms with Gasteiger partial charge in [-0.25, -0.2) is 4.98 Å². The van der Waals surface area contributed by atoms with Crippen molar-refractivity contribution in [2.24, 2.45) is 0 Å². The van der Waals surface area contributed by atoms with Crippen LogP contribution >= 0.6 is 22.6 Å². The minimum absolute atomic E-state index is 0.157. The fraction of sp³-hybridized carbons (Fsp3) is 0.231. The van der Waals surface area contributed by atoms with Crippen LogP contribution in [0.1, 0.15) is 13.3 Å². The highest BCUT2D eigenvalue weighted by Crippen LogP contribution is 2.26. The zero-order chi connectivity index (χ0) is 15.2. The van der Waals surface area contributed by atoms with E-state index < -0.39 is 4.92 Å². The second kappa shape index (κ2) is 7.16. The van der Waals surface area contributed by atoms with E-state index in [1.54, 1.807) is 0 Å². The molecule has 1 heterocycles. The van der Waals surface area contributed by atoms with Crippen LogP contribution in [0, 0.1) is 13.7 Å². The number of nitrogens with one attached hydrogen (secondary N) is 2. The Morgan fingerprint density at radius 3 is 2.90 bits per heavy atom. The maximum absolute atomic E-state index is 11.1. The van der Waals surface area contributed by atoms with E-state index in [2.05, 4.69) is 43.2 Å². The van der Waals surface area contributed by atoms with Gasteiger partial charge >= 0.3 is 5.69 Å². The molecule has 0 atom stereocenters. The number of aromatic nitrogens is 2. The molecule has 110 valence electrons. The summed E-state index contributed by atoms with van der Waals surface area (Å²) in [5, 5.41) is 17.1. The monoisotopic (exact) mass is 399 g/mol. The molecule has 0 amide bonds. The molecular formula is C13H14IN5O2. The van der Waals surface area contributed by atoms with Crippen molar-refractivity contribution in [3.05, 3.63) is 44.1 Å². The maximum Gasteiger partial charge on any atom is 0.329 e. The third-order valence-electron chi connectivity index (χ3n) is 2.59. The van der Waals surface area contributed by atoms with Crippen molar-refractivity contribution in [3.63, 3.8) is 0 Å². The minimum Gasteiger partial charge on any atom is -0.354 e. The highest BCUT2D eigenvalue weighted by Gasteiger charge is 2.17. The first-order valence-corrected chi connectivity index (χ1v) is 7.46. The van der Waals surface area contributed by atoms with Gasteiger partial charge in [-0.05, 0) is 47.2 Å². The Morgan fingerprint density at radius 2 is 2.24 bits per heavy atom. The number of rotatable bonds is 6. The summed E-state index contributed by atoms with van der Waals surface area (Å²) < 4.78 is 1.03. The molecule has 7 nitrogen and oxygen atoms in total. The summed E-state index contributed by atoms with van der Waals surface area (Å²) in [6.45, 7) is 2.73. The molecule has 1 aromatic carbocycles. The molecule has 1 aromatic heterocycles. The molecule has 0 unspecified atom stereocenters. The fourth-order valence-corrected chi connectivity index (χ4v) is 2.17. The van der Waals surface area contributed by atoms with Crippen molar-refractivity contribution < 1.29 is 4.92 Å². The number of hydrogen-bond acceptors (Lipinski definition) is 6. The van der Waals surface area contributed by atoms with Crippen LogP contribution in [0.25, 0.3) is 0 Å². The van der Waals surface area contributed by atoms with E-state index in [1.165, 1.54) is 6.20 Å². The van der Waals surface area contributed by atoms with Gasteiger partial charge in [-0.1, -0.05) is 13.0 Å². The molecule has 0 bridgehead atoms. The lowest BCUT2D eigenvalue weighted by atomic mass is 10.3. The largest absolute Gasteiger partial charge is 0.354 e. The highest BCUT2D eigenvalue weighted by atomic mass is 127. The number of halogens is 1. The van der Waals surface area contributed by atoms with Crippen LogP contribution in [-0.2, 0) is 0 Å². The number of nitrogens with zero attached hydrogens (tertiary/aromatic N) is 3. The van der Waals surface area contributed by atoms with Crippen molar-refractivity contribution in [2.75, 3.05) is 17.2 Å². The predicted molar refractivity (Wildman–Crippen MR) is 89.9 cm³/mol. The molecule has 0 saturated carbocycles. The summed E-state index contributed by atoms with van der Waals surface area (Å²) in [7, 11) is 0. The Bertz CT molecular complexity index is 650. The van der Waals surface area contributed by atoms with Gasteiger partial charge in [-0.2, -0.15) is 4.98 Å². The first-order chi connectivity index (χ1) is 10.1. The second-order valence-electron chi connectivity index (χ2n) is 4.25. The number of nitro groups is 1. The lowest BCUT2D eigenvalue weighted by Crippen LogP contribution is -2.07. The molecular weight excluding hydrogens is 385 g/mol. The number of hydrogen-bond donors (Lipinski definition) is 2. The molecule has 0 aliphatic heterocycles. The zero-order valence-electron chi connectivity index (χ0n) is 11.3. The van der Waals surface area contributed by atoms with Gasteiger partial charge in [0.2, 0.25) is 11.8 Å². The Morgan fingerprint density at radius 1 is 1.43 bits per heavy atom. The lowest BCUT2D eigenvalue weighted by molar-refractivity contribution is -0.384. The molecule has 0 aliphatic rings. The fourth-order valence-electron chi connectivity index (χ4n) is 1.63. The molecule has 2 aromatic rings. The summed E-state index contributed by atoms with van der Waals surface area (Å²) in [5.74, 6) is 0.547. The molecule has 0 radical (unpaired) electrons. The molecule has 0 spiro atoms. The smallest absolute Gasteiger partial charge is 0.329 e. The third-order valence-corrected chi connectivity index (χ3v) is 3.26. The summed E-state index contributed by atoms with van der Waals surface area (Å²) in [4.78, 5) is 18.7. The van der Waals surface area contributed by atoms with E-state index in [1.807, 2.05) is 31.2 Å². The molecule has 21 heavy (non-hydrogen) atoms. The van der Waals surface area contributed by atoms with Gasteiger partial charge in [0, 0.05) is 15.8 Å². The second-order valence-corrected chi connectivity index (χ2v) is 5.49. The van der Waals surface area contributed by atoms with Gasteiger partial charge in [0.25, 0.3) is 0 Å². The van der Waals surface area contributed by atoms with Crippen LogP contribution in [0.5, 0.6) is 0 Å². The van der Waals surface area contributed by atoms with Crippen LogP contribution < -0.4 is 10.6 Å². The Balaban J connectivity index is 2.31. The predicted octanol–water partition coefficient (Wildman–Crippen LogP) is 3.55. The van der Waals surface area contributed by atoms with Gasteiger partial charge in [0.1, 0.15) is 6.20 Å². The van der Waals surface area contributed by atoms with E-state index in [4.69, 9.17) is 0 Å². The van der Waals surface area contributed by atoms with Crippen LogP contribution in [0.15, 0.2) is 30.5 Å². The van der Waals surface area contributed by atoms with Gasteiger partial charge in [0.05, 0.1) is 4.92 Å². The van der Waals surface area contributed by atoms with Gasteiger partial charge in [0.15, 0.2) is 0 Å². The minimum atomic E-state index is -0.500. The van der Waals surface area contributed by atoms with E-state index in [0.29, 0.717) is 12.5 Å². The molecule has 0 aliphatic carbocycles.